The van der Waals surface area contributed by atoms with E-state index in [-0.39, 0.29) is 12.4 Å². The van der Waals surface area contributed by atoms with Crippen molar-refractivity contribution in [1.82, 2.24) is 0 Å². The molecule has 0 aromatic rings. The Morgan fingerprint density at radius 2 is 1.65 bits per heavy atom. The predicted molar refractivity (Wildman–Crippen MR) is 78.5 cm³/mol. The monoisotopic (exact) mass is 300 g/mol. The Kier molecular flexibility index (Phi) is 5.75. The molecule has 2 rings (SSSR count). The Hall–Kier alpha value is -0.710. The number of carbonyl (C=O) groups is 2. The summed E-state index contributed by atoms with van der Waals surface area (Å²) in [6.07, 6.45) is 6.34. The van der Waals surface area contributed by atoms with Crippen LogP contribution in [0.25, 0.3) is 0 Å². The fourth-order valence-corrected chi connectivity index (χ4v) is 3.99. The van der Waals surface area contributed by atoms with Gasteiger partial charge in [0, 0.05) is 0 Å². The molecule has 20 heavy (non-hydrogen) atoms. The molecule has 2 aliphatic rings. The van der Waals surface area contributed by atoms with Gasteiger partial charge < -0.3 is 9.47 Å². The van der Waals surface area contributed by atoms with Crippen molar-refractivity contribution >= 4 is 24.6 Å². The Morgan fingerprint density at radius 3 is 2.25 bits per heavy atom. The Bertz CT molecular complexity index is 340. The third-order valence-corrected chi connectivity index (χ3v) is 4.69. The van der Waals surface area contributed by atoms with Gasteiger partial charge in [-0.3, -0.25) is 4.79 Å². The molecule has 0 saturated heterocycles. The molecule has 0 aliphatic heterocycles. The van der Waals surface area contributed by atoms with Crippen molar-refractivity contribution in [3.63, 3.8) is 0 Å². The van der Waals surface area contributed by atoms with Crippen molar-refractivity contribution in [2.24, 2.45) is 23.7 Å². The van der Waals surface area contributed by atoms with Gasteiger partial charge in [0.1, 0.15) is 0 Å². The van der Waals surface area contributed by atoms with Crippen LogP contribution in [0.3, 0.4) is 0 Å². The van der Waals surface area contributed by atoms with E-state index in [0.717, 1.165) is 17.8 Å². The van der Waals surface area contributed by atoms with Crippen molar-refractivity contribution in [3.8, 4) is 0 Å². The maximum atomic E-state index is 11.5. The molecule has 2 aliphatic carbocycles. The second kappa shape index (κ2) is 7.34. The highest BCUT2D eigenvalue weighted by Gasteiger charge is 2.34. The number of fused-ring (bicyclic) bond motifs is 2. The highest BCUT2D eigenvalue weighted by molar-refractivity contribution is 7.81. The van der Waals surface area contributed by atoms with Crippen LogP contribution in [0.2, 0.25) is 0 Å². The number of hydrogen-bond acceptors (Lipinski definition) is 5. The SMILES string of the molecule is CC1CC2CC(COC(=O)COC(=O)CS)CC(C1)C2. The molecule has 5 heteroatoms. The van der Waals surface area contributed by atoms with E-state index in [4.69, 9.17) is 9.47 Å². The maximum absolute atomic E-state index is 11.5. The lowest BCUT2D eigenvalue weighted by Gasteiger charge is -2.41. The van der Waals surface area contributed by atoms with Gasteiger partial charge in [-0.25, -0.2) is 4.79 Å². The summed E-state index contributed by atoms with van der Waals surface area (Å²) >= 11 is 3.77. The van der Waals surface area contributed by atoms with E-state index < -0.39 is 11.9 Å². The molecule has 2 saturated carbocycles. The molecule has 114 valence electrons. The number of esters is 2. The topological polar surface area (TPSA) is 52.6 Å². The van der Waals surface area contributed by atoms with Gasteiger partial charge in [-0.1, -0.05) is 6.92 Å². The van der Waals surface area contributed by atoms with Gasteiger partial charge in [0.2, 0.25) is 0 Å². The summed E-state index contributed by atoms with van der Waals surface area (Å²) in [5.74, 6) is 1.98. The van der Waals surface area contributed by atoms with Crippen LogP contribution in [0.4, 0.5) is 0 Å². The van der Waals surface area contributed by atoms with Crippen LogP contribution in [-0.4, -0.2) is 30.9 Å². The van der Waals surface area contributed by atoms with E-state index in [2.05, 4.69) is 19.6 Å². The average Bonchev–Trinajstić information content (AvgIpc) is 2.41. The molecule has 0 spiro atoms. The summed E-state index contributed by atoms with van der Waals surface area (Å²) in [5.41, 5.74) is 0. The first kappa shape index (κ1) is 15.7. The van der Waals surface area contributed by atoms with Crippen LogP contribution in [0.5, 0.6) is 0 Å². The number of carbonyl (C=O) groups excluding carboxylic acids is 2. The third kappa shape index (κ3) is 4.69. The molecule has 0 aromatic heterocycles. The lowest BCUT2D eigenvalue weighted by atomic mass is 9.65. The zero-order valence-corrected chi connectivity index (χ0v) is 12.9. The van der Waals surface area contributed by atoms with Crippen LogP contribution in [0.1, 0.15) is 39.0 Å². The standard InChI is InChI=1S/C15H24O4S/c1-10-2-11-4-12(3-10)6-13(5-11)7-18-14(16)8-19-15(17)9-20/h10-13,20H,2-9H2,1H3. The van der Waals surface area contributed by atoms with Gasteiger partial charge in [-0.2, -0.15) is 12.6 Å². The van der Waals surface area contributed by atoms with Crippen molar-refractivity contribution in [2.75, 3.05) is 19.0 Å². The first-order chi connectivity index (χ1) is 9.56. The molecule has 0 amide bonds. The predicted octanol–water partition coefficient (Wildman–Crippen LogP) is 2.47. The van der Waals surface area contributed by atoms with Crippen LogP contribution < -0.4 is 0 Å². The molecule has 0 heterocycles. The van der Waals surface area contributed by atoms with Gasteiger partial charge in [0.15, 0.2) is 6.61 Å². The molecule has 2 bridgehead atoms. The van der Waals surface area contributed by atoms with Crippen molar-refractivity contribution in [2.45, 2.75) is 39.0 Å². The summed E-state index contributed by atoms with van der Waals surface area (Å²) in [5, 5.41) is 0. The normalized spacial score (nSPS) is 32.5. The second-order valence-corrected chi connectivity index (χ2v) is 6.70. The first-order valence-electron chi connectivity index (χ1n) is 7.49. The van der Waals surface area contributed by atoms with E-state index in [1.54, 1.807) is 0 Å². The maximum Gasteiger partial charge on any atom is 0.344 e. The highest BCUT2D eigenvalue weighted by atomic mass is 32.1. The van der Waals surface area contributed by atoms with E-state index in [1.807, 2.05) is 0 Å². The first-order valence-corrected chi connectivity index (χ1v) is 8.12. The minimum absolute atomic E-state index is 0.0164. The quantitative estimate of drug-likeness (QED) is 0.626. The number of hydrogen-bond donors (Lipinski definition) is 1. The number of rotatable bonds is 5. The molecule has 0 N–H and O–H groups in total. The Labute approximate surface area is 126 Å². The van der Waals surface area contributed by atoms with Gasteiger partial charge >= 0.3 is 11.9 Å². The van der Waals surface area contributed by atoms with Crippen LogP contribution in [0.15, 0.2) is 0 Å². The number of ether oxygens (including phenoxy) is 2. The molecule has 4 nitrogen and oxygen atoms in total. The summed E-state index contributed by atoms with van der Waals surface area (Å²) in [7, 11) is 0. The van der Waals surface area contributed by atoms with Gasteiger partial charge in [0.05, 0.1) is 12.4 Å². The highest BCUT2D eigenvalue weighted by Crippen LogP contribution is 2.44. The average molecular weight is 300 g/mol. The van der Waals surface area contributed by atoms with E-state index >= 15 is 0 Å². The largest absolute Gasteiger partial charge is 0.463 e. The van der Waals surface area contributed by atoms with Crippen LogP contribution in [-0.2, 0) is 19.1 Å². The molecule has 0 aromatic carbocycles. The van der Waals surface area contributed by atoms with Gasteiger partial charge in [-0.15, -0.1) is 0 Å². The summed E-state index contributed by atoms with van der Waals surface area (Å²) in [6, 6.07) is 0. The zero-order valence-electron chi connectivity index (χ0n) is 12.0. The smallest absolute Gasteiger partial charge is 0.344 e. The number of thiol groups is 1. The molecular formula is C15H24O4S. The lowest BCUT2D eigenvalue weighted by molar-refractivity contribution is -0.158. The lowest BCUT2D eigenvalue weighted by Crippen LogP contribution is -2.32. The van der Waals surface area contributed by atoms with Crippen LogP contribution >= 0.6 is 12.6 Å². The Morgan fingerprint density at radius 1 is 1.00 bits per heavy atom. The molecule has 2 atom stereocenters. The molecule has 2 fully saturated rings. The third-order valence-electron chi connectivity index (χ3n) is 4.43. The molecule has 0 radical (unpaired) electrons. The Balaban J connectivity index is 1.67. The molecular weight excluding hydrogens is 276 g/mol. The van der Waals surface area contributed by atoms with E-state index in [1.165, 1.54) is 32.1 Å². The van der Waals surface area contributed by atoms with Crippen molar-refractivity contribution in [1.29, 1.82) is 0 Å². The van der Waals surface area contributed by atoms with E-state index in [0.29, 0.717) is 12.5 Å². The van der Waals surface area contributed by atoms with Crippen molar-refractivity contribution in [3.05, 3.63) is 0 Å². The summed E-state index contributed by atoms with van der Waals surface area (Å²) in [4.78, 5) is 22.4. The fraction of sp³-hybridized carbons (Fsp3) is 0.867. The minimum Gasteiger partial charge on any atom is -0.463 e. The summed E-state index contributed by atoms with van der Waals surface area (Å²) < 4.78 is 9.92. The summed E-state index contributed by atoms with van der Waals surface area (Å²) in [6.45, 7) is 2.52. The second-order valence-electron chi connectivity index (χ2n) is 6.38. The van der Waals surface area contributed by atoms with Crippen molar-refractivity contribution < 1.29 is 19.1 Å². The van der Waals surface area contributed by atoms with Crippen LogP contribution in [0, 0.1) is 23.7 Å². The fourth-order valence-electron chi connectivity index (χ4n) is 3.90. The minimum atomic E-state index is -0.494. The van der Waals surface area contributed by atoms with E-state index in [9.17, 15) is 9.59 Å². The molecule has 2 unspecified atom stereocenters. The van der Waals surface area contributed by atoms with Gasteiger partial charge in [0.25, 0.3) is 0 Å². The zero-order chi connectivity index (χ0) is 14.5. The van der Waals surface area contributed by atoms with Gasteiger partial charge in [-0.05, 0) is 55.8 Å².